The van der Waals surface area contributed by atoms with Gasteiger partial charge in [-0.15, -0.1) is 0 Å². The summed E-state index contributed by atoms with van der Waals surface area (Å²) in [6, 6.07) is 4.06. The summed E-state index contributed by atoms with van der Waals surface area (Å²) in [5, 5.41) is 8.80. The second-order valence-corrected chi connectivity index (χ2v) is 4.99. The maximum atomic E-state index is 12.3. The SMILES string of the molecule is CCCCCn1c2c(cc(CC#N)c1=O)CCC2. The highest BCUT2D eigenvalue weighted by atomic mass is 16.1. The number of rotatable bonds is 5. The largest absolute Gasteiger partial charge is 0.312 e. The minimum atomic E-state index is 0.0632. The molecule has 0 N–H and O–H groups in total. The molecule has 1 aliphatic carbocycles. The Morgan fingerprint density at radius 3 is 2.94 bits per heavy atom. The molecule has 0 aromatic carbocycles. The molecule has 96 valence electrons. The van der Waals surface area contributed by atoms with Crippen LogP contribution in [0.1, 0.15) is 49.4 Å². The fraction of sp³-hybridized carbons (Fsp3) is 0.600. The quantitative estimate of drug-likeness (QED) is 0.747. The molecule has 1 aliphatic rings. The van der Waals surface area contributed by atoms with Crippen LogP contribution in [0.15, 0.2) is 10.9 Å². The number of fused-ring (bicyclic) bond motifs is 1. The van der Waals surface area contributed by atoms with Crippen molar-refractivity contribution >= 4 is 0 Å². The molecule has 0 saturated heterocycles. The smallest absolute Gasteiger partial charge is 0.255 e. The monoisotopic (exact) mass is 244 g/mol. The molecule has 0 fully saturated rings. The van der Waals surface area contributed by atoms with Crippen molar-refractivity contribution in [1.82, 2.24) is 4.57 Å². The van der Waals surface area contributed by atoms with Gasteiger partial charge in [0.25, 0.3) is 5.56 Å². The number of nitriles is 1. The Morgan fingerprint density at radius 1 is 1.39 bits per heavy atom. The van der Waals surface area contributed by atoms with Crippen LogP contribution in [-0.2, 0) is 25.8 Å². The third-order valence-electron chi connectivity index (χ3n) is 3.68. The van der Waals surface area contributed by atoms with Crippen LogP contribution in [0.25, 0.3) is 0 Å². The average molecular weight is 244 g/mol. The van der Waals surface area contributed by atoms with E-state index < -0.39 is 0 Å². The third kappa shape index (κ3) is 2.48. The summed E-state index contributed by atoms with van der Waals surface area (Å²) >= 11 is 0. The van der Waals surface area contributed by atoms with Crippen LogP contribution >= 0.6 is 0 Å². The van der Waals surface area contributed by atoms with E-state index in [9.17, 15) is 4.79 Å². The molecule has 0 atom stereocenters. The van der Waals surface area contributed by atoms with Crippen LogP contribution in [0.2, 0.25) is 0 Å². The predicted octanol–water partition coefficient (Wildman–Crippen LogP) is 2.59. The molecule has 3 heteroatoms. The standard InChI is InChI=1S/C15H20N2O/c1-2-3-4-10-17-14-7-5-6-12(14)11-13(8-9-16)15(17)18/h11H,2-8,10H2,1H3. The van der Waals surface area contributed by atoms with Gasteiger partial charge in [0.2, 0.25) is 0 Å². The number of unbranched alkanes of at least 4 members (excludes halogenated alkanes) is 2. The van der Waals surface area contributed by atoms with E-state index in [-0.39, 0.29) is 12.0 Å². The lowest BCUT2D eigenvalue weighted by atomic mass is 10.1. The number of pyridine rings is 1. The topological polar surface area (TPSA) is 45.8 Å². The van der Waals surface area contributed by atoms with Gasteiger partial charge in [0, 0.05) is 17.8 Å². The average Bonchev–Trinajstić information content (AvgIpc) is 2.81. The van der Waals surface area contributed by atoms with Gasteiger partial charge in [-0.25, -0.2) is 0 Å². The first kappa shape index (κ1) is 12.9. The van der Waals surface area contributed by atoms with Crippen LogP contribution in [0.4, 0.5) is 0 Å². The highest BCUT2D eigenvalue weighted by Crippen LogP contribution is 2.21. The van der Waals surface area contributed by atoms with E-state index in [4.69, 9.17) is 5.26 Å². The van der Waals surface area contributed by atoms with Crippen LogP contribution in [0.5, 0.6) is 0 Å². The molecule has 0 bridgehead atoms. The van der Waals surface area contributed by atoms with E-state index in [1.807, 2.05) is 10.6 Å². The van der Waals surface area contributed by atoms with Crippen molar-refractivity contribution in [3.63, 3.8) is 0 Å². The zero-order valence-electron chi connectivity index (χ0n) is 11.0. The van der Waals surface area contributed by atoms with Crippen molar-refractivity contribution in [2.24, 2.45) is 0 Å². The van der Waals surface area contributed by atoms with E-state index in [0.29, 0.717) is 5.56 Å². The molecule has 1 heterocycles. The second kappa shape index (κ2) is 5.86. The maximum Gasteiger partial charge on any atom is 0.255 e. The van der Waals surface area contributed by atoms with Crippen molar-refractivity contribution in [2.75, 3.05) is 0 Å². The highest BCUT2D eigenvalue weighted by Gasteiger charge is 2.18. The fourth-order valence-electron chi connectivity index (χ4n) is 2.75. The molecule has 18 heavy (non-hydrogen) atoms. The van der Waals surface area contributed by atoms with Crippen LogP contribution in [-0.4, -0.2) is 4.57 Å². The molecular formula is C15H20N2O. The lowest BCUT2D eigenvalue weighted by Gasteiger charge is -2.13. The Balaban J connectivity index is 2.36. The molecular weight excluding hydrogens is 224 g/mol. The van der Waals surface area contributed by atoms with E-state index >= 15 is 0 Å². The van der Waals surface area contributed by atoms with Gasteiger partial charge in [-0.1, -0.05) is 19.8 Å². The second-order valence-electron chi connectivity index (χ2n) is 4.99. The minimum absolute atomic E-state index is 0.0632. The van der Waals surface area contributed by atoms with Gasteiger partial charge < -0.3 is 4.57 Å². The Morgan fingerprint density at radius 2 is 2.22 bits per heavy atom. The number of hydrogen-bond acceptors (Lipinski definition) is 2. The minimum Gasteiger partial charge on any atom is -0.312 e. The van der Waals surface area contributed by atoms with Gasteiger partial charge in [-0.3, -0.25) is 4.79 Å². The molecule has 0 saturated carbocycles. The van der Waals surface area contributed by atoms with E-state index in [1.165, 1.54) is 11.3 Å². The van der Waals surface area contributed by atoms with Crippen molar-refractivity contribution in [3.8, 4) is 6.07 Å². The summed E-state index contributed by atoms with van der Waals surface area (Å²) in [7, 11) is 0. The third-order valence-corrected chi connectivity index (χ3v) is 3.68. The van der Waals surface area contributed by atoms with Gasteiger partial charge in [-0.2, -0.15) is 5.26 Å². The Bertz CT molecular complexity index is 523. The summed E-state index contributed by atoms with van der Waals surface area (Å²) in [6.07, 6.45) is 6.82. The normalized spacial score (nSPS) is 13.3. The van der Waals surface area contributed by atoms with Gasteiger partial charge >= 0.3 is 0 Å². The molecule has 2 rings (SSSR count). The molecule has 0 unspecified atom stereocenters. The number of nitrogens with zero attached hydrogens (tertiary/aromatic N) is 2. The first-order valence-electron chi connectivity index (χ1n) is 6.89. The van der Waals surface area contributed by atoms with Crippen LogP contribution in [0.3, 0.4) is 0 Å². The molecule has 0 aliphatic heterocycles. The first-order valence-corrected chi connectivity index (χ1v) is 6.89. The van der Waals surface area contributed by atoms with Crippen LogP contribution in [0, 0.1) is 11.3 Å². The molecule has 1 aromatic heterocycles. The van der Waals surface area contributed by atoms with Gasteiger partial charge in [0.15, 0.2) is 0 Å². The zero-order valence-corrected chi connectivity index (χ0v) is 11.0. The van der Waals surface area contributed by atoms with Crippen LogP contribution < -0.4 is 5.56 Å². The lowest BCUT2D eigenvalue weighted by molar-refractivity contribution is 0.566. The van der Waals surface area contributed by atoms with Crippen molar-refractivity contribution < 1.29 is 0 Å². The maximum absolute atomic E-state index is 12.3. The summed E-state index contributed by atoms with van der Waals surface area (Å²) in [6.45, 7) is 2.98. The molecule has 3 nitrogen and oxygen atoms in total. The Kier molecular flexibility index (Phi) is 4.19. The van der Waals surface area contributed by atoms with Crippen molar-refractivity contribution in [3.05, 3.63) is 33.2 Å². The number of aryl methyl sites for hydroxylation is 1. The van der Waals surface area contributed by atoms with Gasteiger partial charge in [0.1, 0.15) is 0 Å². The number of hydrogen-bond donors (Lipinski definition) is 0. The van der Waals surface area contributed by atoms with E-state index in [0.717, 1.165) is 45.1 Å². The summed E-state index contributed by atoms with van der Waals surface area (Å²) in [5.74, 6) is 0. The van der Waals surface area contributed by atoms with Crippen molar-refractivity contribution in [1.29, 1.82) is 5.26 Å². The van der Waals surface area contributed by atoms with E-state index in [1.54, 1.807) is 0 Å². The first-order chi connectivity index (χ1) is 8.77. The Hall–Kier alpha value is -1.56. The fourth-order valence-corrected chi connectivity index (χ4v) is 2.75. The molecule has 1 aromatic rings. The summed E-state index contributed by atoms with van der Waals surface area (Å²) in [4.78, 5) is 12.3. The van der Waals surface area contributed by atoms with Gasteiger partial charge in [-0.05, 0) is 37.3 Å². The Labute approximate surface area is 108 Å². The van der Waals surface area contributed by atoms with Crippen molar-refractivity contribution in [2.45, 2.75) is 58.4 Å². The highest BCUT2D eigenvalue weighted by molar-refractivity contribution is 5.31. The lowest BCUT2D eigenvalue weighted by Crippen LogP contribution is -2.27. The number of aromatic nitrogens is 1. The molecule has 0 spiro atoms. The van der Waals surface area contributed by atoms with E-state index in [2.05, 4.69) is 13.0 Å². The summed E-state index contributed by atoms with van der Waals surface area (Å²) in [5.41, 5.74) is 3.25. The predicted molar refractivity (Wildman–Crippen MR) is 71.6 cm³/mol. The molecule has 0 radical (unpaired) electrons. The van der Waals surface area contributed by atoms with Gasteiger partial charge in [0.05, 0.1) is 12.5 Å². The summed E-state index contributed by atoms with van der Waals surface area (Å²) < 4.78 is 1.94. The molecule has 0 amide bonds. The zero-order chi connectivity index (χ0) is 13.0.